The summed E-state index contributed by atoms with van der Waals surface area (Å²) < 4.78 is 0. The number of hydrogen-bond donors (Lipinski definition) is 2. The summed E-state index contributed by atoms with van der Waals surface area (Å²) in [6.07, 6.45) is 0. The van der Waals surface area contributed by atoms with E-state index in [4.69, 9.17) is 0 Å². The highest BCUT2D eigenvalue weighted by atomic mass is 16.2. The third kappa shape index (κ3) is 3.61. The third-order valence-corrected chi connectivity index (χ3v) is 3.75. The highest BCUT2D eigenvalue weighted by molar-refractivity contribution is 5.97. The Kier molecular flexibility index (Phi) is 4.32. The van der Waals surface area contributed by atoms with Gasteiger partial charge in [0.2, 0.25) is 5.91 Å². The summed E-state index contributed by atoms with van der Waals surface area (Å²) in [5.74, 6) is -0.142. The van der Waals surface area contributed by atoms with Gasteiger partial charge in [-0.15, -0.1) is 0 Å². The predicted molar refractivity (Wildman–Crippen MR) is 83.3 cm³/mol. The Morgan fingerprint density at radius 1 is 1.38 bits per heavy atom. The van der Waals surface area contributed by atoms with Crippen LogP contribution in [-0.2, 0) is 4.79 Å². The average Bonchev–Trinajstić information content (AvgIpc) is 2.40. The highest BCUT2D eigenvalue weighted by Gasteiger charge is 2.36. The first-order valence-corrected chi connectivity index (χ1v) is 7.22. The molecule has 0 aliphatic carbocycles. The number of anilines is 1. The summed E-state index contributed by atoms with van der Waals surface area (Å²) in [4.78, 5) is 25.8. The molecule has 2 rings (SSSR count). The van der Waals surface area contributed by atoms with Crippen LogP contribution in [0.1, 0.15) is 38.1 Å². The minimum Gasteiger partial charge on any atom is -0.331 e. The van der Waals surface area contributed by atoms with E-state index in [2.05, 4.69) is 31.4 Å². The van der Waals surface area contributed by atoms with Crippen molar-refractivity contribution in [3.8, 4) is 0 Å². The number of carbonyl (C=O) groups excluding carboxylic acids is 2. The van der Waals surface area contributed by atoms with Crippen molar-refractivity contribution in [3.05, 3.63) is 29.8 Å². The normalized spacial score (nSPS) is 21.0. The van der Waals surface area contributed by atoms with E-state index in [-0.39, 0.29) is 23.4 Å². The molecule has 5 nitrogen and oxygen atoms in total. The summed E-state index contributed by atoms with van der Waals surface area (Å²) in [6, 6.07) is 7.37. The van der Waals surface area contributed by atoms with Gasteiger partial charge in [-0.3, -0.25) is 9.59 Å². The molecule has 5 heteroatoms. The predicted octanol–water partition coefficient (Wildman–Crippen LogP) is 1.86. The number of carbonyl (C=O) groups is 2. The molecule has 21 heavy (non-hydrogen) atoms. The molecule has 114 valence electrons. The van der Waals surface area contributed by atoms with Crippen LogP contribution >= 0.6 is 0 Å². The summed E-state index contributed by atoms with van der Waals surface area (Å²) >= 11 is 0. The van der Waals surface area contributed by atoms with E-state index in [1.807, 2.05) is 4.90 Å². The van der Waals surface area contributed by atoms with Crippen LogP contribution in [0.25, 0.3) is 0 Å². The van der Waals surface area contributed by atoms with E-state index >= 15 is 0 Å². The minimum atomic E-state index is -0.229. The largest absolute Gasteiger partial charge is 0.331 e. The van der Waals surface area contributed by atoms with E-state index in [1.54, 1.807) is 24.3 Å². The van der Waals surface area contributed by atoms with Gasteiger partial charge in [-0.25, -0.2) is 0 Å². The maximum atomic E-state index is 12.8. The Labute approximate surface area is 125 Å². The zero-order valence-corrected chi connectivity index (χ0v) is 13.1. The Morgan fingerprint density at radius 3 is 2.76 bits per heavy atom. The van der Waals surface area contributed by atoms with Gasteiger partial charge >= 0.3 is 0 Å². The summed E-state index contributed by atoms with van der Waals surface area (Å²) in [5, 5.41) is 6.11. The lowest BCUT2D eigenvalue weighted by Crippen LogP contribution is -2.62. The van der Waals surface area contributed by atoms with Crippen LogP contribution in [0.15, 0.2) is 24.3 Å². The number of benzene rings is 1. The fourth-order valence-electron chi connectivity index (χ4n) is 2.55. The van der Waals surface area contributed by atoms with Crippen molar-refractivity contribution in [1.82, 2.24) is 10.2 Å². The lowest BCUT2D eigenvalue weighted by molar-refractivity contribution is -0.114. The van der Waals surface area contributed by atoms with E-state index in [0.717, 1.165) is 6.54 Å². The lowest BCUT2D eigenvalue weighted by atomic mass is 9.96. The van der Waals surface area contributed by atoms with E-state index in [9.17, 15) is 9.59 Å². The van der Waals surface area contributed by atoms with Crippen LogP contribution < -0.4 is 10.6 Å². The van der Waals surface area contributed by atoms with Gasteiger partial charge in [0.25, 0.3) is 5.91 Å². The quantitative estimate of drug-likeness (QED) is 0.873. The first-order valence-electron chi connectivity index (χ1n) is 7.22. The molecule has 2 N–H and O–H groups in total. The Bertz CT molecular complexity index is 554. The lowest BCUT2D eigenvalue weighted by Gasteiger charge is -2.45. The molecule has 1 heterocycles. The number of piperazine rings is 1. The molecule has 0 saturated carbocycles. The van der Waals surface area contributed by atoms with E-state index in [0.29, 0.717) is 17.8 Å². The van der Waals surface area contributed by atoms with Crippen LogP contribution in [0.2, 0.25) is 0 Å². The van der Waals surface area contributed by atoms with Gasteiger partial charge in [-0.1, -0.05) is 6.07 Å². The number of rotatable bonds is 2. The number of hydrogen-bond acceptors (Lipinski definition) is 3. The van der Waals surface area contributed by atoms with Crippen molar-refractivity contribution in [1.29, 1.82) is 0 Å². The SMILES string of the molecule is CC(=O)Nc1cccc(C(=O)N2CC(C)NCC2(C)C)c1. The molecule has 1 aromatic rings. The van der Waals surface area contributed by atoms with E-state index in [1.165, 1.54) is 6.92 Å². The second-order valence-corrected chi connectivity index (χ2v) is 6.27. The van der Waals surface area contributed by atoms with Gasteiger partial charge in [0.05, 0.1) is 5.54 Å². The van der Waals surface area contributed by atoms with Crippen LogP contribution in [0.3, 0.4) is 0 Å². The summed E-state index contributed by atoms with van der Waals surface area (Å²) in [5.41, 5.74) is 1.02. The van der Waals surface area contributed by atoms with Crippen molar-refractivity contribution in [3.63, 3.8) is 0 Å². The molecule has 1 aliphatic heterocycles. The molecule has 0 radical (unpaired) electrons. The third-order valence-electron chi connectivity index (χ3n) is 3.75. The van der Waals surface area contributed by atoms with E-state index < -0.39 is 0 Å². The highest BCUT2D eigenvalue weighted by Crippen LogP contribution is 2.22. The standard InChI is InChI=1S/C16H23N3O2/c1-11-9-19(16(3,4)10-17-11)15(21)13-6-5-7-14(8-13)18-12(2)20/h5-8,11,17H,9-10H2,1-4H3,(H,18,20). The average molecular weight is 289 g/mol. The zero-order chi connectivity index (χ0) is 15.6. The Hall–Kier alpha value is -1.88. The number of nitrogens with zero attached hydrogens (tertiary/aromatic N) is 1. The van der Waals surface area contributed by atoms with Crippen molar-refractivity contribution >= 4 is 17.5 Å². The molecule has 0 spiro atoms. The maximum Gasteiger partial charge on any atom is 0.254 e. The van der Waals surface area contributed by atoms with Crippen molar-refractivity contribution in [2.75, 3.05) is 18.4 Å². The van der Waals surface area contributed by atoms with Gasteiger partial charge in [0.1, 0.15) is 0 Å². The fourth-order valence-corrected chi connectivity index (χ4v) is 2.55. The smallest absolute Gasteiger partial charge is 0.254 e. The zero-order valence-electron chi connectivity index (χ0n) is 13.1. The van der Waals surface area contributed by atoms with Crippen LogP contribution in [-0.4, -0.2) is 41.4 Å². The van der Waals surface area contributed by atoms with Crippen molar-refractivity contribution < 1.29 is 9.59 Å². The minimum absolute atomic E-state index is 0.000511. The molecule has 0 bridgehead atoms. The van der Waals surface area contributed by atoms with Gasteiger partial charge < -0.3 is 15.5 Å². The number of amides is 2. The van der Waals surface area contributed by atoms with Gasteiger partial charge in [0.15, 0.2) is 0 Å². The van der Waals surface area contributed by atoms with Crippen LogP contribution in [0.5, 0.6) is 0 Å². The molecular weight excluding hydrogens is 266 g/mol. The molecular formula is C16H23N3O2. The molecule has 1 unspecified atom stereocenters. The molecule has 1 atom stereocenters. The molecule has 1 saturated heterocycles. The Morgan fingerprint density at radius 2 is 2.10 bits per heavy atom. The van der Waals surface area contributed by atoms with Crippen molar-refractivity contribution in [2.45, 2.75) is 39.3 Å². The molecule has 1 fully saturated rings. The van der Waals surface area contributed by atoms with Crippen LogP contribution in [0, 0.1) is 0 Å². The second-order valence-electron chi connectivity index (χ2n) is 6.27. The summed E-state index contributed by atoms with van der Waals surface area (Å²) in [6.45, 7) is 9.09. The molecule has 0 aromatic heterocycles. The van der Waals surface area contributed by atoms with Gasteiger partial charge in [-0.05, 0) is 39.0 Å². The monoisotopic (exact) mass is 289 g/mol. The molecule has 1 aliphatic rings. The fraction of sp³-hybridized carbons (Fsp3) is 0.500. The summed E-state index contributed by atoms with van der Waals surface area (Å²) in [7, 11) is 0. The molecule has 1 aromatic carbocycles. The first kappa shape index (κ1) is 15.5. The maximum absolute atomic E-state index is 12.8. The first-order chi connectivity index (χ1) is 9.79. The Balaban J connectivity index is 2.24. The van der Waals surface area contributed by atoms with Gasteiger partial charge in [0, 0.05) is 37.3 Å². The molecule has 2 amide bonds. The second kappa shape index (κ2) is 5.85. The van der Waals surface area contributed by atoms with Crippen molar-refractivity contribution in [2.24, 2.45) is 0 Å². The topological polar surface area (TPSA) is 61.4 Å². The van der Waals surface area contributed by atoms with Gasteiger partial charge in [-0.2, -0.15) is 0 Å². The van der Waals surface area contributed by atoms with Crippen LogP contribution in [0.4, 0.5) is 5.69 Å². The number of nitrogens with one attached hydrogen (secondary N) is 2.